The van der Waals surface area contributed by atoms with E-state index in [2.05, 4.69) is 17.9 Å². The average molecular weight is 273 g/mol. The molecule has 0 aliphatic heterocycles. The molecule has 0 saturated carbocycles. The lowest BCUT2D eigenvalue weighted by molar-refractivity contribution is 0.301. The van der Waals surface area contributed by atoms with E-state index in [1.165, 1.54) is 0 Å². The quantitative estimate of drug-likeness (QED) is 0.812. The van der Waals surface area contributed by atoms with Gasteiger partial charge < -0.3 is 15.7 Å². The zero-order valence-corrected chi connectivity index (χ0v) is 12.0. The summed E-state index contributed by atoms with van der Waals surface area (Å²) in [5.41, 5.74) is 7.88. The molecule has 0 fully saturated rings. The molecule has 4 heteroatoms. The predicted molar refractivity (Wildman–Crippen MR) is 83.8 cm³/mol. The molecule has 0 amide bonds. The summed E-state index contributed by atoms with van der Waals surface area (Å²) in [6.45, 7) is 4.24. The van der Waals surface area contributed by atoms with Gasteiger partial charge in [-0.1, -0.05) is 31.5 Å². The van der Waals surface area contributed by atoms with Crippen molar-refractivity contribution in [2.24, 2.45) is 5.73 Å². The number of nitrogens with two attached hydrogens (primary N) is 1. The highest BCUT2D eigenvalue weighted by molar-refractivity contribution is 5.81. The smallest absolute Gasteiger partial charge is 0.133 e. The van der Waals surface area contributed by atoms with E-state index >= 15 is 0 Å². The fourth-order valence-electron chi connectivity index (χ4n) is 2.37. The van der Waals surface area contributed by atoms with Crippen molar-refractivity contribution in [3.63, 3.8) is 0 Å². The SMILES string of the molecule is CCCCN(CCO)c1nc2ccccc2cc1CN. The Kier molecular flexibility index (Phi) is 5.32. The molecule has 0 atom stereocenters. The van der Waals surface area contributed by atoms with E-state index in [0.717, 1.165) is 41.7 Å². The Labute approximate surface area is 120 Å². The van der Waals surface area contributed by atoms with Gasteiger partial charge in [-0.25, -0.2) is 4.98 Å². The number of anilines is 1. The topological polar surface area (TPSA) is 62.4 Å². The first-order valence-electron chi connectivity index (χ1n) is 7.24. The van der Waals surface area contributed by atoms with Crippen LogP contribution in [0.4, 0.5) is 5.82 Å². The highest BCUT2D eigenvalue weighted by Gasteiger charge is 2.13. The number of aromatic nitrogens is 1. The van der Waals surface area contributed by atoms with Crippen molar-refractivity contribution in [3.05, 3.63) is 35.9 Å². The number of hydrogen-bond acceptors (Lipinski definition) is 4. The standard InChI is InChI=1S/C16H23N3O/c1-2-3-8-19(9-10-20)16-14(12-17)11-13-6-4-5-7-15(13)18-16/h4-7,11,20H,2-3,8-10,12,17H2,1H3. The summed E-state index contributed by atoms with van der Waals surface area (Å²) in [6, 6.07) is 10.2. The third kappa shape index (κ3) is 3.26. The van der Waals surface area contributed by atoms with Crippen molar-refractivity contribution in [3.8, 4) is 0 Å². The average Bonchev–Trinajstić information content (AvgIpc) is 2.50. The van der Waals surface area contributed by atoms with E-state index in [1.54, 1.807) is 0 Å². The molecule has 1 aromatic carbocycles. The number of fused-ring (bicyclic) bond motifs is 1. The van der Waals surface area contributed by atoms with Gasteiger partial charge in [-0.3, -0.25) is 0 Å². The van der Waals surface area contributed by atoms with E-state index in [-0.39, 0.29) is 6.61 Å². The second kappa shape index (κ2) is 7.22. The van der Waals surface area contributed by atoms with Crippen molar-refractivity contribution in [1.29, 1.82) is 0 Å². The van der Waals surface area contributed by atoms with Gasteiger partial charge in [-0.2, -0.15) is 0 Å². The summed E-state index contributed by atoms with van der Waals surface area (Å²) in [5.74, 6) is 0.911. The number of hydrogen-bond donors (Lipinski definition) is 2. The first-order valence-corrected chi connectivity index (χ1v) is 7.24. The van der Waals surface area contributed by atoms with Crippen LogP contribution >= 0.6 is 0 Å². The fraction of sp³-hybridized carbons (Fsp3) is 0.438. The summed E-state index contributed by atoms with van der Waals surface area (Å²) < 4.78 is 0. The van der Waals surface area contributed by atoms with Crippen molar-refractivity contribution < 1.29 is 5.11 Å². The van der Waals surface area contributed by atoms with Crippen LogP contribution in [0.3, 0.4) is 0 Å². The molecule has 0 spiro atoms. The molecule has 3 N–H and O–H groups in total. The van der Waals surface area contributed by atoms with Crippen LogP contribution in [-0.2, 0) is 6.54 Å². The van der Waals surface area contributed by atoms with Gasteiger partial charge in [0.2, 0.25) is 0 Å². The minimum absolute atomic E-state index is 0.127. The summed E-state index contributed by atoms with van der Waals surface area (Å²) >= 11 is 0. The normalized spacial score (nSPS) is 10.9. The van der Waals surface area contributed by atoms with E-state index in [9.17, 15) is 5.11 Å². The van der Waals surface area contributed by atoms with Crippen molar-refractivity contribution >= 4 is 16.7 Å². The number of aliphatic hydroxyl groups excluding tert-OH is 1. The summed E-state index contributed by atoms with van der Waals surface area (Å²) in [7, 11) is 0. The number of rotatable bonds is 7. The number of nitrogens with zero attached hydrogens (tertiary/aromatic N) is 2. The van der Waals surface area contributed by atoms with E-state index in [0.29, 0.717) is 13.1 Å². The Bertz CT molecular complexity index is 556. The largest absolute Gasteiger partial charge is 0.395 e. The molecule has 1 heterocycles. The van der Waals surface area contributed by atoms with Crippen LogP contribution in [0.2, 0.25) is 0 Å². The summed E-state index contributed by atoms with van der Waals surface area (Å²) in [6.07, 6.45) is 2.20. The van der Waals surface area contributed by atoms with Crippen LogP contribution in [-0.4, -0.2) is 29.8 Å². The van der Waals surface area contributed by atoms with Gasteiger partial charge in [0.1, 0.15) is 5.82 Å². The van der Waals surface area contributed by atoms with E-state index < -0.39 is 0 Å². The van der Waals surface area contributed by atoms with Gasteiger partial charge >= 0.3 is 0 Å². The maximum Gasteiger partial charge on any atom is 0.133 e. The molecule has 0 bridgehead atoms. The number of unbranched alkanes of at least 4 members (excludes halogenated alkanes) is 1. The molecule has 2 rings (SSSR count). The van der Waals surface area contributed by atoms with Gasteiger partial charge in [0.05, 0.1) is 12.1 Å². The molecule has 20 heavy (non-hydrogen) atoms. The highest BCUT2D eigenvalue weighted by Crippen LogP contribution is 2.23. The van der Waals surface area contributed by atoms with Crippen LogP contribution in [0.1, 0.15) is 25.3 Å². The zero-order chi connectivity index (χ0) is 14.4. The van der Waals surface area contributed by atoms with E-state index in [1.807, 2.05) is 24.3 Å². The maximum absolute atomic E-state index is 9.27. The second-order valence-electron chi connectivity index (χ2n) is 4.93. The first kappa shape index (κ1) is 14.8. The van der Waals surface area contributed by atoms with Crippen LogP contribution in [0, 0.1) is 0 Å². The monoisotopic (exact) mass is 273 g/mol. The second-order valence-corrected chi connectivity index (χ2v) is 4.93. The number of benzene rings is 1. The van der Waals surface area contributed by atoms with Gasteiger partial charge in [-0.15, -0.1) is 0 Å². The highest BCUT2D eigenvalue weighted by atomic mass is 16.3. The molecule has 0 radical (unpaired) electrons. The third-order valence-electron chi connectivity index (χ3n) is 3.45. The van der Waals surface area contributed by atoms with E-state index in [4.69, 9.17) is 10.7 Å². The molecule has 2 aromatic rings. The molecule has 0 aliphatic carbocycles. The Morgan fingerprint density at radius 2 is 2.05 bits per heavy atom. The molecule has 4 nitrogen and oxygen atoms in total. The van der Waals surface area contributed by atoms with Gasteiger partial charge in [0, 0.05) is 30.6 Å². The third-order valence-corrected chi connectivity index (χ3v) is 3.45. The number of pyridine rings is 1. The van der Waals surface area contributed by atoms with Crippen molar-refractivity contribution in [1.82, 2.24) is 4.98 Å². The fourth-order valence-corrected chi connectivity index (χ4v) is 2.37. The van der Waals surface area contributed by atoms with Gasteiger partial charge in [0.25, 0.3) is 0 Å². The predicted octanol–water partition coefficient (Wildman–Crippen LogP) is 2.29. The summed E-state index contributed by atoms with van der Waals surface area (Å²) in [4.78, 5) is 6.89. The molecule has 0 saturated heterocycles. The maximum atomic E-state index is 9.27. The molecular weight excluding hydrogens is 250 g/mol. The van der Waals surface area contributed by atoms with Crippen molar-refractivity contribution in [2.75, 3.05) is 24.6 Å². The molecule has 0 unspecified atom stereocenters. The van der Waals surface area contributed by atoms with Crippen LogP contribution in [0.15, 0.2) is 30.3 Å². The lowest BCUT2D eigenvalue weighted by Crippen LogP contribution is -2.30. The molecule has 1 aromatic heterocycles. The van der Waals surface area contributed by atoms with Gasteiger partial charge in [-0.05, 0) is 18.6 Å². The minimum Gasteiger partial charge on any atom is -0.395 e. The van der Waals surface area contributed by atoms with Crippen LogP contribution in [0.25, 0.3) is 10.9 Å². The Morgan fingerprint density at radius 3 is 2.75 bits per heavy atom. The van der Waals surface area contributed by atoms with Crippen molar-refractivity contribution in [2.45, 2.75) is 26.3 Å². The Morgan fingerprint density at radius 1 is 1.25 bits per heavy atom. The Balaban J connectivity index is 2.42. The molecular formula is C16H23N3O. The zero-order valence-electron chi connectivity index (χ0n) is 12.0. The van der Waals surface area contributed by atoms with Crippen LogP contribution in [0.5, 0.6) is 0 Å². The lowest BCUT2D eigenvalue weighted by Gasteiger charge is -2.25. The Hall–Kier alpha value is -1.65. The summed E-state index contributed by atoms with van der Waals surface area (Å²) in [5, 5.41) is 10.4. The van der Waals surface area contributed by atoms with Gasteiger partial charge in [0.15, 0.2) is 0 Å². The molecule has 0 aliphatic rings. The minimum atomic E-state index is 0.127. The van der Waals surface area contributed by atoms with Crippen LogP contribution < -0.4 is 10.6 Å². The lowest BCUT2D eigenvalue weighted by atomic mass is 10.1. The number of aliphatic hydroxyl groups is 1. The first-order chi connectivity index (χ1) is 9.80. The number of para-hydroxylation sites is 1. The molecule has 108 valence electrons.